The van der Waals surface area contributed by atoms with Gasteiger partial charge in [0.05, 0.1) is 17.3 Å². The first kappa shape index (κ1) is 16.0. The molecule has 0 radical (unpaired) electrons. The van der Waals surface area contributed by atoms with E-state index in [0.717, 1.165) is 10.6 Å². The van der Waals surface area contributed by atoms with E-state index in [4.69, 9.17) is 21.1 Å². The standard InChI is InChI=1S/C17H16ClNO3S/c18-13-5-1-4-8-16(13)23-11-17(20)19-9-12-10-21-14-6-2-3-7-15(14)22-12/h1-8,12H,9-11H2,(H,19,20)/t12-/m0/s1. The Bertz CT molecular complexity index is 695. The lowest BCUT2D eigenvalue weighted by atomic mass is 10.2. The van der Waals surface area contributed by atoms with Gasteiger partial charge in [0.25, 0.3) is 0 Å². The third kappa shape index (κ3) is 4.33. The molecule has 6 heteroatoms. The lowest BCUT2D eigenvalue weighted by Gasteiger charge is -2.26. The minimum Gasteiger partial charge on any atom is -0.486 e. The number of hydrogen-bond donors (Lipinski definition) is 1. The van der Waals surface area contributed by atoms with Gasteiger partial charge in [0.2, 0.25) is 5.91 Å². The molecule has 0 spiro atoms. The Morgan fingerprint density at radius 1 is 1.17 bits per heavy atom. The maximum Gasteiger partial charge on any atom is 0.230 e. The molecule has 23 heavy (non-hydrogen) atoms. The summed E-state index contributed by atoms with van der Waals surface area (Å²) in [7, 11) is 0. The number of para-hydroxylation sites is 2. The number of carbonyl (C=O) groups is 1. The zero-order valence-electron chi connectivity index (χ0n) is 12.3. The normalized spacial score (nSPS) is 16.0. The minimum atomic E-state index is -0.181. The predicted molar refractivity (Wildman–Crippen MR) is 91.5 cm³/mol. The first-order valence-electron chi connectivity index (χ1n) is 7.25. The van der Waals surface area contributed by atoms with Crippen molar-refractivity contribution < 1.29 is 14.3 Å². The zero-order valence-corrected chi connectivity index (χ0v) is 13.9. The van der Waals surface area contributed by atoms with Gasteiger partial charge in [0.1, 0.15) is 12.7 Å². The van der Waals surface area contributed by atoms with Crippen LogP contribution in [0.25, 0.3) is 0 Å². The van der Waals surface area contributed by atoms with Crippen LogP contribution in [-0.4, -0.2) is 30.9 Å². The van der Waals surface area contributed by atoms with Crippen LogP contribution < -0.4 is 14.8 Å². The van der Waals surface area contributed by atoms with Crippen LogP contribution in [0.2, 0.25) is 5.02 Å². The van der Waals surface area contributed by atoms with Gasteiger partial charge in [-0.15, -0.1) is 11.8 Å². The topological polar surface area (TPSA) is 47.6 Å². The van der Waals surface area contributed by atoms with Gasteiger partial charge < -0.3 is 14.8 Å². The Kier molecular flexibility index (Phi) is 5.31. The molecule has 2 aromatic carbocycles. The van der Waals surface area contributed by atoms with Gasteiger partial charge in [-0.25, -0.2) is 0 Å². The van der Waals surface area contributed by atoms with Crippen LogP contribution in [-0.2, 0) is 4.79 Å². The molecule has 0 bridgehead atoms. The van der Waals surface area contributed by atoms with Gasteiger partial charge >= 0.3 is 0 Å². The van der Waals surface area contributed by atoms with Gasteiger partial charge in [0, 0.05) is 4.90 Å². The maximum absolute atomic E-state index is 11.9. The molecule has 1 N–H and O–H groups in total. The van der Waals surface area contributed by atoms with Crippen LogP contribution in [0.4, 0.5) is 0 Å². The van der Waals surface area contributed by atoms with Gasteiger partial charge in [-0.3, -0.25) is 4.79 Å². The molecule has 1 amide bonds. The van der Waals surface area contributed by atoms with Crippen molar-refractivity contribution in [1.29, 1.82) is 0 Å². The summed E-state index contributed by atoms with van der Waals surface area (Å²) in [6.07, 6.45) is -0.181. The third-order valence-electron chi connectivity index (χ3n) is 3.29. The molecule has 1 aliphatic heterocycles. The molecule has 4 nitrogen and oxygen atoms in total. The van der Waals surface area contributed by atoms with Crippen LogP contribution in [0.1, 0.15) is 0 Å². The van der Waals surface area contributed by atoms with Crippen molar-refractivity contribution in [3.8, 4) is 11.5 Å². The van der Waals surface area contributed by atoms with Crippen molar-refractivity contribution in [3.05, 3.63) is 53.6 Å². The number of benzene rings is 2. The van der Waals surface area contributed by atoms with Crippen LogP contribution >= 0.6 is 23.4 Å². The number of carbonyl (C=O) groups excluding carboxylic acids is 1. The first-order valence-corrected chi connectivity index (χ1v) is 8.61. The summed E-state index contributed by atoms with van der Waals surface area (Å²) >= 11 is 7.48. The maximum atomic E-state index is 11.9. The lowest BCUT2D eigenvalue weighted by molar-refractivity contribution is -0.119. The summed E-state index contributed by atoms with van der Waals surface area (Å²) in [5.41, 5.74) is 0. The first-order chi connectivity index (χ1) is 11.2. The van der Waals surface area contributed by atoms with Crippen molar-refractivity contribution in [3.63, 3.8) is 0 Å². The summed E-state index contributed by atoms with van der Waals surface area (Å²) in [5.74, 6) is 1.71. The molecular formula is C17H16ClNO3S. The van der Waals surface area contributed by atoms with Gasteiger partial charge in [-0.05, 0) is 24.3 Å². The summed E-state index contributed by atoms with van der Waals surface area (Å²) in [5, 5.41) is 3.52. The summed E-state index contributed by atoms with van der Waals surface area (Å²) in [4.78, 5) is 12.8. The number of rotatable bonds is 5. The zero-order chi connectivity index (χ0) is 16.1. The molecule has 3 rings (SSSR count). The van der Waals surface area contributed by atoms with Crippen LogP contribution in [0, 0.1) is 0 Å². The second kappa shape index (κ2) is 7.62. The smallest absolute Gasteiger partial charge is 0.230 e. The number of fused-ring (bicyclic) bond motifs is 1. The van der Waals surface area contributed by atoms with E-state index >= 15 is 0 Å². The fourth-order valence-corrected chi connectivity index (χ4v) is 3.22. The SMILES string of the molecule is O=C(CSc1ccccc1Cl)NC[C@H]1COc2ccccc2O1. The Labute approximate surface area is 144 Å². The molecule has 0 saturated heterocycles. The fourth-order valence-electron chi connectivity index (χ4n) is 2.15. The number of thioether (sulfide) groups is 1. The molecular weight excluding hydrogens is 334 g/mol. The Balaban J connectivity index is 1.44. The van der Waals surface area contributed by atoms with E-state index < -0.39 is 0 Å². The highest BCUT2D eigenvalue weighted by atomic mass is 35.5. The highest BCUT2D eigenvalue weighted by Crippen LogP contribution is 2.30. The average molecular weight is 350 g/mol. The number of amides is 1. The lowest BCUT2D eigenvalue weighted by Crippen LogP contribution is -2.41. The average Bonchev–Trinajstić information content (AvgIpc) is 2.59. The fraction of sp³-hybridized carbons (Fsp3) is 0.235. The minimum absolute atomic E-state index is 0.0580. The molecule has 120 valence electrons. The second-order valence-electron chi connectivity index (χ2n) is 5.02. The molecule has 1 aliphatic rings. The van der Waals surface area contributed by atoms with Crippen LogP contribution in [0.5, 0.6) is 11.5 Å². The molecule has 1 atom stereocenters. The Morgan fingerprint density at radius 2 is 1.91 bits per heavy atom. The van der Waals surface area contributed by atoms with Crippen molar-refractivity contribution in [1.82, 2.24) is 5.32 Å². The summed E-state index contributed by atoms with van der Waals surface area (Å²) < 4.78 is 11.4. The Hall–Kier alpha value is -1.85. The van der Waals surface area contributed by atoms with E-state index in [2.05, 4.69) is 5.32 Å². The quantitative estimate of drug-likeness (QED) is 0.840. The van der Waals surface area contributed by atoms with Gasteiger partial charge in [-0.1, -0.05) is 35.9 Å². The van der Waals surface area contributed by atoms with Crippen LogP contribution in [0.3, 0.4) is 0 Å². The summed E-state index contributed by atoms with van der Waals surface area (Å²) in [6.45, 7) is 0.838. The van der Waals surface area contributed by atoms with E-state index in [0.29, 0.717) is 29.7 Å². The molecule has 0 aromatic heterocycles. The number of hydrogen-bond acceptors (Lipinski definition) is 4. The van der Waals surface area contributed by atoms with Crippen LogP contribution in [0.15, 0.2) is 53.4 Å². The van der Waals surface area contributed by atoms with E-state index in [1.165, 1.54) is 11.8 Å². The highest BCUT2D eigenvalue weighted by molar-refractivity contribution is 8.00. The monoisotopic (exact) mass is 349 g/mol. The highest BCUT2D eigenvalue weighted by Gasteiger charge is 2.20. The third-order valence-corrected chi connectivity index (χ3v) is 4.81. The van der Waals surface area contributed by atoms with Crippen molar-refractivity contribution in [2.75, 3.05) is 18.9 Å². The largest absolute Gasteiger partial charge is 0.486 e. The van der Waals surface area contributed by atoms with Crippen molar-refractivity contribution in [2.45, 2.75) is 11.0 Å². The predicted octanol–water partition coefficient (Wildman–Crippen LogP) is 3.39. The molecule has 1 heterocycles. The number of halogens is 1. The van der Waals surface area contributed by atoms with E-state index in [-0.39, 0.29) is 12.0 Å². The van der Waals surface area contributed by atoms with Crippen molar-refractivity contribution >= 4 is 29.3 Å². The van der Waals surface area contributed by atoms with E-state index in [9.17, 15) is 4.79 Å². The summed E-state index contributed by atoms with van der Waals surface area (Å²) in [6, 6.07) is 15.0. The second-order valence-corrected chi connectivity index (χ2v) is 6.45. The van der Waals surface area contributed by atoms with Gasteiger partial charge in [0.15, 0.2) is 11.5 Å². The molecule has 0 unspecified atom stereocenters. The molecule has 0 saturated carbocycles. The van der Waals surface area contributed by atoms with E-state index in [1.807, 2.05) is 48.5 Å². The van der Waals surface area contributed by atoms with Crippen molar-refractivity contribution in [2.24, 2.45) is 0 Å². The van der Waals surface area contributed by atoms with Gasteiger partial charge in [-0.2, -0.15) is 0 Å². The number of ether oxygens (including phenoxy) is 2. The molecule has 2 aromatic rings. The Morgan fingerprint density at radius 3 is 2.74 bits per heavy atom. The number of nitrogens with one attached hydrogen (secondary N) is 1. The molecule has 0 aliphatic carbocycles. The van der Waals surface area contributed by atoms with E-state index in [1.54, 1.807) is 0 Å². The molecule has 0 fully saturated rings.